The van der Waals surface area contributed by atoms with Gasteiger partial charge in [-0.05, 0) is 25.3 Å². The number of aromatic amines is 1. The van der Waals surface area contributed by atoms with Crippen molar-refractivity contribution in [3.8, 4) is 11.4 Å². The van der Waals surface area contributed by atoms with Crippen LogP contribution in [0, 0.1) is 0 Å². The smallest absolute Gasteiger partial charge is 0.222 e. The number of fused-ring (bicyclic) bond motifs is 1. The van der Waals surface area contributed by atoms with Gasteiger partial charge in [0.1, 0.15) is 5.82 Å². The van der Waals surface area contributed by atoms with E-state index in [-0.39, 0.29) is 5.91 Å². The van der Waals surface area contributed by atoms with Crippen LogP contribution in [0.5, 0.6) is 0 Å². The molecule has 7 nitrogen and oxygen atoms in total. The number of para-hydroxylation sites is 1. The third-order valence-electron chi connectivity index (χ3n) is 5.19. The van der Waals surface area contributed by atoms with Gasteiger partial charge in [0.15, 0.2) is 5.82 Å². The maximum atomic E-state index is 12.2. The van der Waals surface area contributed by atoms with Crippen LogP contribution in [0.4, 0.5) is 0 Å². The largest absolute Gasteiger partial charge is 0.391 e. The Morgan fingerprint density at radius 2 is 2.15 bits per heavy atom. The van der Waals surface area contributed by atoms with Gasteiger partial charge in [0, 0.05) is 35.6 Å². The Bertz CT molecular complexity index is 945. The number of piperidine rings is 1. The number of aliphatic hydroxyl groups excluding tert-OH is 1. The average molecular weight is 367 g/mol. The van der Waals surface area contributed by atoms with E-state index in [0.717, 1.165) is 41.7 Å². The fraction of sp³-hybridized carbons (Fsp3) is 0.450. The summed E-state index contributed by atoms with van der Waals surface area (Å²) in [7, 11) is 0. The Morgan fingerprint density at radius 3 is 2.96 bits per heavy atom. The Labute approximate surface area is 158 Å². The van der Waals surface area contributed by atoms with Crippen LogP contribution in [0.3, 0.4) is 0 Å². The Kier molecular flexibility index (Phi) is 4.94. The molecule has 1 aliphatic rings. The van der Waals surface area contributed by atoms with Gasteiger partial charge in [0.2, 0.25) is 5.91 Å². The number of carbonyl (C=O) groups excluding carboxylic acids is 1. The normalized spacial score (nSPS) is 16.2. The summed E-state index contributed by atoms with van der Waals surface area (Å²) in [4.78, 5) is 22.1. The zero-order valence-electron chi connectivity index (χ0n) is 15.6. The van der Waals surface area contributed by atoms with Crippen molar-refractivity contribution >= 4 is 16.8 Å². The van der Waals surface area contributed by atoms with Gasteiger partial charge in [-0.2, -0.15) is 5.10 Å². The second kappa shape index (κ2) is 7.52. The minimum Gasteiger partial charge on any atom is -0.391 e. The minimum absolute atomic E-state index is 0.167. The van der Waals surface area contributed by atoms with Gasteiger partial charge in [-0.3, -0.25) is 4.79 Å². The summed E-state index contributed by atoms with van der Waals surface area (Å²) in [6.07, 6.45) is 4.64. The number of carbonyl (C=O) groups is 1. The van der Waals surface area contributed by atoms with E-state index in [1.165, 1.54) is 0 Å². The molecular weight excluding hydrogens is 342 g/mol. The molecule has 27 heavy (non-hydrogen) atoms. The molecule has 0 saturated carbocycles. The summed E-state index contributed by atoms with van der Waals surface area (Å²) in [6.45, 7) is 3.51. The van der Waals surface area contributed by atoms with Crippen LogP contribution in [0.25, 0.3) is 22.3 Å². The molecule has 0 unspecified atom stereocenters. The molecule has 0 bridgehead atoms. The molecule has 2 N–H and O–H groups in total. The fourth-order valence-electron chi connectivity index (χ4n) is 3.54. The number of hydrogen-bond acceptors (Lipinski definition) is 4. The van der Waals surface area contributed by atoms with E-state index in [9.17, 15) is 9.90 Å². The molecule has 3 heterocycles. The molecule has 1 fully saturated rings. The van der Waals surface area contributed by atoms with Crippen LogP contribution >= 0.6 is 0 Å². The van der Waals surface area contributed by atoms with E-state index in [1.54, 1.807) is 4.68 Å². The van der Waals surface area contributed by atoms with Gasteiger partial charge >= 0.3 is 0 Å². The number of aromatic nitrogens is 4. The summed E-state index contributed by atoms with van der Waals surface area (Å²) in [5.41, 5.74) is 1.96. The number of likely N-dealkylation sites (tertiary alicyclic amines) is 1. The van der Waals surface area contributed by atoms with Crippen molar-refractivity contribution in [1.29, 1.82) is 0 Å². The SMILES string of the molecule is CC[C@H](O)Cn1nc(-c2c[nH]c3ccccc23)nc1CN1CCCCC1=O. The maximum absolute atomic E-state index is 12.2. The lowest BCUT2D eigenvalue weighted by atomic mass is 10.1. The number of rotatable bonds is 6. The van der Waals surface area contributed by atoms with E-state index in [0.29, 0.717) is 31.8 Å². The number of hydrogen-bond donors (Lipinski definition) is 2. The molecule has 4 rings (SSSR count). The predicted molar refractivity (Wildman–Crippen MR) is 103 cm³/mol. The lowest BCUT2D eigenvalue weighted by Crippen LogP contribution is -2.36. The van der Waals surface area contributed by atoms with E-state index >= 15 is 0 Å². The molecule has 1 saturated heterocycles. The molecule has 0 aliphatic carbocycles. The van der Waals surface area contributed by atoms with Crippen LogP contribution in [0.15, 0.2) is 30.5 Å². The first-order valence-corrected chi connectivity index (χ1v) is 9.61. The molecule has 1 atom stereocenters. The molecule has 3 aromatic rings. The quantitative estimate of drug-likeness (QED) is 0.701. The minimum atomic E-state index is -0.488. The van der Waals surface area contributed by atoms with Crippen molar-refractivity contribution in [2.45, 2.75) is 51.8 Å². The first-order chi connectivity index (χ1) is 13.2. The monoisotopic (exact) mass is 367 g/mol. The van der Waals surface area contributed by atoms with Gasteiger partial charge in [-0.15, -0.1) is 0 Å². The Balaban J connectivity index is 1.69. The zero-order valence-corrected chi connectivity index (χ0v) is 15.6. The van der Waals surface area contributed by atoms with Gasteiger partial charge in [0.25, 0.3) is 0 Å². The highest BCUT2D eigenvalue weighted by Crippen LogP contribution is 2.27. The molecule has 0 radical (unpaired) electrons. The molecule has 2 aromatic heterocycles. The second-order valence-electron chi connectivity index (χ2n) is 7.12. The molecular formula is C20H25N5O2. The third-order valence-corrected chi connectivity index (χ3v) is 5.19. The predicted octanol–water partition coefficient (Wildman–Crippen LogP) is 2.71. The van der Waals surface area contributed by atoms with E-state index in [1.807, 2.05) is 42.3 Å². The van der Waals surface area contributed by atoms with Crippen molar-refractivity contribution in [2.75, 3.05) is 6.54 Å². The number of amides is 1. The Hall–Kier alpha value is -2.67. The lowest BCUT2D eigenvalue weighted by Gasteiger charge is -2.26. The first kappa shape index (κ1) is 17.7. The van der Waals surface area contributed by atoms with Crippen LogP contribution in [-0.2, 0) is 17.9 Å². The Morgan fingerprint density at radius 1 is 1.30 bits per heavy atom. The second-order valence-corrected chi connectivity index (χ2v) is 7.12. The highest BCUT2D eigenvalue weighted by atomic mass is 16.3. The number of nitrogens with one attached hydrogen (secondary N) is 1. The van der Waals surface area contributed by atoms with Crippen molar-refractivity contribution in [2.24, 2.45) is 0 Å². The number of H-pyrrole nitrogens is 1. The highest BCUT2D eigenvalue weighted by Gasteiger charge is 2.23. The van der Waals surface area contributed by atoms with Gasteiger partial charge in [0.05, 0.1) is 19.2 Å². The average Bonchev–Trinajstić information content (AvgIpc) is 3.27. The fourth-order valence-corrected chi connectivity index (χ4v) is 3.54. The van der Waals surface area contributed by atoms with Crippen LogP contribution in [0.2, 0.25) is 0 Å². The van der Waals surface area contributed by atoms with Crippen LogP contribution in [0.1, 0.15) is 38.4 Å². The number of benzene rings is 1. The van der Waals surface area contributed by atoms with Crippen molar-refractivity contribution in [3.63, 3.8) is 0 Å². The van der Waals surface area contributed by atoms with Crippen molar-refractivity contribution in [3.05, 3.63) is 36.3 Å². The van der Waals surface area contributed by atoms with E-state index < -0.39 is 6.10 Å². The highest BCUT2D eigenvalue weighted by molar-refractivity contribution is 5.93. The van der Waals surface area contributed by atoms with E-state index in [2.05, 4.69) is 10.1 Å². The van der Waals surface area contributed by atoms with Crippen molar-refractivity contribution in [1.82, 2.24) is 24.6 Å². The molecule has 0 spiro atoms. The molecule has 142 valence electrons. The topological polar surface area (TPSA) is 87.0 Å². The summed E-state index contributed by atoms with van der Waals surface area (Å²) in [5, 5.41) is 15.9. The maximum Gasteiger partial charge on any atom is 0.222 e. The molecule has 1 amide bonds. The number of aliphatic hydroxyl groups is 1. The molecule has 1 aromatic carbocycles. The summed E-state index contributed by atoms with van der Waals surface area (Å²) >= 11 is 0. The van der Waals surface area contributed by atoms with Crippen LogP contribution in [-0.4, -0.2) is 48.3 Å². The third kappa shape index (κ3) is 3.60. The first-order valence-electron chi connectivity index (χ1n) is 9.61. The molecule has 1 aliphatic heterocycles. The lowest BCUT2D eigenvalue weighted by molar-refractivity contribution is -0.134. The van der Waals surface area contributed by atoms with Gasteiger partial charge < -0.3 is 15.0 Å². The van der Waals surface area contributed by atoms with Gasteiger partial charge in [-0.1, -0.05) is 25.1 Å². The summed E-state index contributed by atoms with van der Waals surface area (Å²) < 4.78 is 1.76. The van der Waals surface area contributed by atoms with Gasteiger partial charge in [-0.25, -0.2) is 9.67 Å². The molecule has 7 heteroatoms. The summed E-state index contributed by atoms with van der Waals surface area (Å²) in [6, 6.07) is 8.03. The summed E-state index contributed by atoms with van der Waals surface area (Å²) in [5.74, 6) is 1.51. The zero-order chi connectivity index (χ0) is 18.8. The number of nitrogens with zero attached hydrogens (tertiary/aromatic N) is 4. The van der Waals surface area contributed by atoms with E-state index in [4.69, 9.17) is 4.98 Å². The standard InChI is InChI=1S/C20H25N5O2/c1-2-14(26)12-25-18(13-24-10-6-5-9-19(24)27)22-20(23-25)16-11-21-17-8-4-3-7-15(16)17/h3-4,7-8,11,14,21,26H,2,5-6,9-10,12-13H2,1H3/t14-/m0/s1. The van der Waals surface area contributed by atoms with Crippen molar-refractivity contribution < 1.29 is 9.90 Å². The van der Waals surface area contributed by atoms with Crippen LogP contribution < -0.4 is 0 Å².